The highest BCUT2D eigenvalue weighted by atomic mass is 31.2. The molecule has 0 aliphatic carbocycles. The van der Waals surface area contributed by atoms with Crippen molar-refractivity contribution in [3.8, 4) is 17.2 Å². The van der Waals surface area contributed by atoms with Crippen LogP contribution in [0.2, 0.25) is 0 Å². The Hall–Kier alpha value is -4.49. The predicted octanol–water partition coefficient (Wildman–Crippen LogP) is 10.9. The van der Waals surface area contributed by atoms with E-state index in [1.165, 1.54) is 5.56 Å². The van der Waals surface area contributed by atoms with Crippen LogP contribution >= 0.6 is 8.53 Å². The molecule has 0 saturated carbocycles. The van der Waals surface area contributed by atoms with Crippen molar-refractivity contribution in [2.75, 3.05) is 40.5 Å². The summed E-state index contributed by atoms with van der Waals surface area (Å²) in [5.41, 5.74) is 4.73. The van der Waals surface area contributed by atoms with Crippen LogP contribution in [0.1, 0.15) is 113 Å². The predicted molar refractivity (Wildman–Crippen MR) is 244 cm³/mol. The first-order chi connectivity index (χ1) is 29.2. The SMILES string of the molecule is [C-]#[N+]CCOP(O[C@@H]1C[C@@H](COC(c2ccccc2)(c2ccc(OC)cc2)c2ccc(OC)cc2)N(C(=O)CCc2cc(C(C)C)c(C(C)C)cc2O)C1)N(C(C)C)C(C)C. The molecule has 1 heterocycles. The zero-order valence-electron chi connectivity index (χ0n) is 37.8. The third-order valence-electron chi connectivity index (χ3n) is 11.4. The molecule has 328 valence electrons. The average Bonchev–Trinajstić information content (AvgIpc) is 3.66. The minimum absolute atomic E-state index is 0.0415. The van der Waals surface area contributed by atoms with E-state index >= 15 is 0 Å². The fourth-order valence-corrected chi connectivity index (χ4v) is 10.1. The van der Waals surface area contributed by atoms with E-state index in [4.69, 9.17) is 29.8 Å². The Bertz CT molecular complexity index is 1980. The highest BCUT2D eigenvalue weighted by molar-refractivity contribution is 7.44. The van der Waals surface area contributed by atoms with E-state index in [2.05, 4.69) is 83.1 Å². The number of ether oxygens (including phenoxy) is 3. The summed E-state index contributed by atoms with van der Waals surface area (Å²) in [7, 11) is 1.76. The van der Waals surface area contributed by atoms with Crippen LogP contribution in [0, 0.1) is 6.57 Å². The highest BCUT2D eigenvalue weighted by Crippen LogP contribution is 2.49. The van der Waals surface area contributed by atoms with E-state index < -0.39 is 14.1 Å². The Morgan fingerprint density at radius 1 is 0.836 bits per heavy atom. The number of methoxy groups -OCH3 is 2. The summed E-state index contributed by atoms with van der Waals surface area (Å²) in [6.45, 7) is 25.5. The molecule has 5 rings (SSSR count). The second-order valence-corrected chi connectivity index (χ2v) is 18.3. The molecule has 0 spiro atoms. The maximum Gasteiger partial charge on any atom is 0.259 e. The number of carbonyl (C=O) groups excluding carboxylic acids is 1. The molecule has 4 aromatic rings. The first-order valence-corrected chi connectivity index (χ1v) is 22.7. The standard InChI is InChI=1S/C50H66N3O7P/c1-34(2)46-29-38(48(54)31-47(46)35(3)4)17-26-49(55)52-32-45(60-61(59-28-27-51-9)53(36(5)6)37(7)8)30-42(52)33-58-50(39-15-13-12-14-16-39,40-18-22-43(56-10)23-19-40)41-20-24-44(57-11)25-21-41/h12-16,18-25,29,31,34-37,42,45,54H,17,26-28,30,32-33H2,1-8,10-11H3/t42-,45+,61?/m0/s1. The molecule has 3 atom stereocenters. The molecule has 1 unspecified atom stereocenters. The van der Waals surface area contributed by atoms with Gasteiger partial charge in [0.1, 0.15) is 29.5 Å². The maximum atomic E-state index is 14.6. The molecule has 1 saturated heterocycles. The van der Waals surface area contributed by atoms with E-state index in [-0.39, 0.29) is 73.9 Å². The van der Waals surface area contributed by atoms with Crippen LogP contribution in [-0.2, 0) is 30.6 Å². The van der Waals surface area contributed by atoms with Crippen LogP contribution in [0.4, 0.5) is 0 Å². The van der Waals surface area contributed by atoms with Gasteiger partial charge in [-0.2, -0.15) is 0 Å². The van der Waals surface area contributed by atoms with Gasteiger partial charge < -0.3 is 38.1 Å². The van der Waals surface area contributed by atoms with Gasteiger partial charge in [-0.1, -0.05) is 88.4 Å². The van der Waals surface area contributed by atoms with Gasteiger partial charge in [0.15, 0.2) is 0 Å². The Labute approximate surface area is 365 Å². The Morgan fingerprint density at radius 2 is 1.38 bits per heavy atom. The van der Waals surface area contributed by atoms with E-state index in [9.17, 15) is 9.90 Å². The van der Waals surface area contributed by atoms with Crippen molar-refractivity contribution in [1.82, 2.24) is 9.57 Å². The molecule has 11 heteroatoms. The normalized spacial score (nSPS) is 16.2. The third kappa shape index (κ3) is 11.5. The number of phenols is 1. The highest BCUT2D eigenvalue weighted by Gasteiger charge is 2.43. The second kappa shape index (κ2) is 22.0. The lowest BCUT2D eigenvalue weighted by Crippen LogP contribution is -2.42. The summed E-state index contributed by atoms with van der Waals surface area (Å²) in [6.07, 6.45) is 0.764. The number of aryl methyl sites for hydroxylation is 1. The Kier molecular flexibility index (Phi) is 17.2. The smallest absolute Gasteiger partial charge is 0.259 e. The lowest BCUT2D eigenvalue weighted by Gasteiger charge is -2.38. The van der Waals surface area contributed by atoms with Gasteiger partial charge in [0.25, 0.3) is 8.53 Å². The van der Waals surface area contributed by atoms with E-state index in [0.717, 1.165) is 39.3 Å². The van der Waals surface area contributed by atoms with Gasteiger partial charge in [-0.25, -0.2) is 11.2 Å². The molecule has 1 N–H and O–H groups in total. The summed E-state index contributed by atoms with van der Waals surface area (Å²) in [5, 5.41) is 11.2. The van der Waals surface area contributed by atoms with Crippen molar-refractivity contribution in [1.29, 1.82) is 0 Å². The van der Waals surface area contributed by atoms with E-state index in [1.54, 1.807) is 14.2 Å². The van der Waals surface area contributed by atoms with Crippen molar-refractivity contribution in [3.05, 3.63) is 136 Å². The van der Waals surface area contributed by atoms with Crippen LogP contribution in [0.25, 0.3) is 4.85 Å². The number of benzene rings is 4. The largest absolute Gasteiger partial charge is 0.508 e. The van der Waals surface area contributed by atoms with E-state index in [1.807, 2.05) is 77.7 Å². The minimum Gasteiger partial charge on any atom is -0.508 e. The van der Waals surface area contributed by atoms with Crippen LogP contribution in [0.3, 0.4) is 0 Å². The summed E-state index contributed by atoms with van der Waals surface area (Å²) in [6, 6.07) is 29.9. The van der Waals surface area contributed by atoms with Crippen molar-refractivity contribution < 1.29 is 33.2 Å². The van der Waals surface area contributed by atoms with Crippen molar-refractivity contribution in [2.24, 2.45) is 0 Å². The molecule has 4 aromatic carbocycles. The molecule has 1 fully saturated rings. The summed E-state index contributed by atoms with van der Waals surface area (Å²) < 4.78 is 34.0. The van der Waals surface area contributed by atoms with Crippen molar-refractivity contribution in [3.63, 3.8) is 0 Å². The third-order valence-corrected chi connectivity index (χ3v) is 13.6. The summed E-state index contributed by atoms with van der Waals surface area (Å²) >= 11 is 0. The zero-order valence-corrected chi connectivity index (χ0v) is 38.7. The molecular weight excluding hydrogens is 786 g/mol. The van der Waals surface area contributed by atoms with E-state index in [0.29, 0.717) is 19.4 Å². The van der Waals surface area contributed by atoms with Gasteiger partial charge in [-0.05, 0) is 116 Å². The van der Waals surface area contributed by atoms with Gasteiger partial charge >= 0.3 is 0 Å². The van der Waals surface area contributed by atoms with Crippen LogP contribution < -0.4 is 9.47 Å². The number of amides is 1. The summed E-state index contributed by atoms with van der Waals surface area (Å²) in [5.74, 6) is 2.17. The number of phenolic OH excluding ortho intramolecular Hbond substituents is 1. The molecule has 1 amide bonds. The van der Waals surface area contributed by atoms with Gasteiger partial charge in [-0.3, -0.25) is 4.79 Å². The molecule has 10 nitrogen and oxygen atoms in total. The van der Waals surface area contributed by atoms with Gasteiger partial charge in [0.2, 0.25) is 12.5 Å². The second-order valence-electron chi connectivity index (χ2n) is 16.9. The zero-order chi connectivity index (χ0) is 44.3. The lowest BCUT2D eigenvalue weighted by atomic mass is 9.80. The number of aromatic hydroxyl groups is 1. The molecular formula is C50H66N3O7P. The number of likely N-dealkylation sites (tertiary alicyclic amines) is 1. The topological polar surface area (TPSA) is 94.3 Å². The Balaban J connectivity index is 1.54. The van der Waals surface area contributed by atoms with Crippen LogP contribution in [0.15, 0.2) is 91.0 Å². The van der Waals surface area contributed by atoms with Crippen LogP contribution in [-0.4, -0.2) is 85.3 Å². The van der Waals surface area contributed by atoms with Gasteiger partial charge in [0.05, 0.1) is 33.0 Å². The quantitative estimate of drug-likeness (QED) is 0.0383. The van der Waals surface area contributed by atoms with Crippen LogP contribution in [0.5, 0.6) is 17.2 Å². The fourth-order valence-electron chi connectivity index (χ4n) is 8.38. The maximum absolute atomic E-state index is 14.6. The average molecular weight is 852 g/mol. The molecule has 0 radical (unpaired) electrons. The lowest BCUT2D eigenvalue weighted by molar-refractivity contribution is -0.134. The van der Waals surface area contributed by atoms with Crippen molar-refractivity contribution in [2.45, 2.75) is 116 Å². The summed E-state index contributed by atoms with van der Waals surface area (Å²) in [4.78, 5) is 20.1. The minimum atomic E-state index is -1.55. The van der Waals surface area contributed by atoms with Crippen molar-refractivity contribution >= 4 is 14.4 Å². The number of rotatable bonds is 21. The number of carbonyl (C=O) groups is 1. The first-order valence-electron chi connectivity index (χ1n) is 21.6. The number of hydrogen-bond acceptors (Lipinski definition) is 8. The fraction of sp³-hybridized carbons (Fsp3) is 0.480. The Morgan fingerprint density at radius 3 is 1.89 bits per heavy atom. The molecule has 0 bridgehead atoms. The molecule has 0 aromatic heterocycles. The monoisotopic (exact) mass is 851 g/mol. The molecule has 1 aliphatic rings. The molecule has 61 heavy (non-hydrogen) atoms. The molecule has 1 aliphatic heterocycles. The first kappa shape index (κ1) is 47.6. The number of hydrogen-bond donors (Lipinski definition) is 1. The number of nitrogens with zero attached hydrogens (tertiary/aromatic N) is 3. The van der Waals surface area contributed by atoms with Gasteiger partial charge in [0, 0.05) is 25.0 Å². The van der Waals surface area contributed by atoms with Gasteiger partial charge in [-0.15, -0.1) is 0 Å².